The minimum Gasteiger partial charge on any atom is -0.330 e. The van der Waals surface area contributed by atoms with E-state index in [2.05, 4.69) is 0 Å². The molecule has 0 saturated carbocycles. The van der Waals surface area contributed by atoms with E-state index in [1.165, 1.54) is 5.41 Å². The largest absolute Gasteiger partial charge is 0.330 e. The Kier molecular flexibility index (Phi) is 3.06. The SMILES string of the molecule is NCCCC1=CS(=O)(=O)c2ccc(Cl)cc21. The van der Waals surface area contributed by atoms with Crippen molar-refractivity contribution < 1.29 is 8.42 Å². The number of hydrogen-bond donors (Lipinski definition) is 1. The van der Waals surface area contributed by atoms with Crippen LogP contribution in [0.5, 0.6) is 0 Å². The van der Waals surface area contributed by atoms with Crippen LogP contribution in [0.4, 0.5) is 0 Å². The van der Waals surface area contributed by atoms with Gasteiger partial charge in [-0.25, -0.2) is 8.42 Å². The fourth-order valence-electron chi connectivity index (χ4n) is 1.80. The lowest BCUT2D eigenvalue weighted by molar-refractivity contribution is 0.605. The molecule has 0 aromatic heterocycles. The number of allylic oxidation sites excluding steroid dienone is 1. The third-order valence-corrected chi connectivity index (χ3v) is 4.34. The maximum atomic E-state index is 11.8. The Balaban J connectivity index is 2.49. The highest BCUT2D eigenvalue weighted by atomic mass is 35.5. The molecule has 5 heteroatoms. The normalized spacial score (nSPS) is 17.0. The Bertz CT molecular complexity index is 549. The molecule has 0 spiro atoms. The van der Waals surface area contributed by atoms with Crippen molar-refractivity contribution in [3.63, 3.8) is 0 Å². The van der Waals surface area contributed by atoms with Gasteiger partial charge in [0, 0.05) is 10.4 Å². The van der Waals surface area contributed by atoms with E-state index in [0.717, 1.165) is 17.6 Å². The zero-order chi connectivity index (χ0) is 11.8. The number of fused-ring (bicyclic) bond motifs is 1. The van der Waals surface area contributed by atoms with Crippen molar-refractivity contribution in [1.82, 2.24) is 0 Å². The summed E-state index contributed by atoms with van der Waals surface area (Å²) >= 11 is 5.87. The topological polar surface area (TPSA) is 60.2 Å². The smallest absolute Gasteiger partial charge is 0.200 e. The lowest BCUT2D eigenvalue weighted by atomic mass is 10.0. The predicted molar refractivity (Wildman–Crippen MR) is 64.9 cm³/mol. The molecule has 0 amide bonds. The Morgan fingerprint density at radius 3 is 2.75 bits per heavy atom. The highest BCUT2D eigenvalue weighted by Gasteiger charge is 2.26. The van der Waals surface area contributed by atoms with Gasteiger partial charge >= 0.3 is 0 Å². The average Bonchev–Trinajstić information content (AvgIpc) is 2.47. The molecule has 1 heterocycles. The second-order valence-electron chi connectivity index (χ2n) is 3.72. The van der Waals surface area contributed by atoms with Crippen molar-refractivity contribution in [2.24, 2.45) is 5.73 Å². The van der Waals surface area contributed by atoms with Crippen molar-refractivity contribution in [2.75, 3.05) is 6.54 Å². The summed E-state index contributed by atoms with van der Waals surface area (Å²) in [5.41, 5.74) is 6.95. The van der Waals surface area contributed by atoms with Crippen molar-refractivity contribution >= 4 is 27.0 Å². The van der Waals surface area contributed by atoms with Gasteiger partial charge in [0.1, 0.15) is 0 Å². The van der Waals surface area contributed by atoms with Crippen LogP contribution in [0.15, 0.2) is 28.5 Å². The van der Waals surface area contributed by atoms with E-state index in [1.54, 1.807) is 18.2 Å². The van der Waals surface area contributed by atoms with Crippen LogP contribution in [0.2, 0.25) is 5.02 Å². The van der Waals surface area contributed by atoms with Crippen LogP contribution < -0.4 is 5.73 Å². The number of hydrogen-bond acceptors (Lipinski definition) is 3. The van der Waals surface area contributed by atoms with E-state index < -0.39 is 9.84 Å². The molecule has 1 aromatic carbocycles. The first-order valence-electron chi connectivity index (χ1n) is 5.00. The summed E-state index contributed by atoms with van der Waals surface area (Å²) in [6, 6.07) is 4.85. The average molecular weight is 258 g/mol. The molecule has 0 bridgehead atoms. The Morgan fingerprint density at radius 1 is 1.31 bits per heavy atom. The fourth-order valence-corrected chi connectivity index (χ4v) is 3.47. The second kappa shape index (κ2) is 4.20. The molecule has 1 aliphatic heterocycles. The van der Waals surface area contributed by atoms with E-state index in [4.69, 9.17) is 17.3 Å². The first-order chi connectivity index (χ1) is 7.54. The minimum atomic E-state index is -3.26. The van der Waals surface area contributed by atoms with Crippen LogP contribution in [0.1, 0.15) is 18.4 Å². The standard InChI is InChI=1S/C11H12ClNO2S/c12-9-3-4-11-10(6-9)8(2-1-5-13)7-16(11,14)15/h3-4,6-7H,1-2,5,13H2. The van der Waals surface area contributed by atoms with Gasteiger partial charge in [-0.3, -0.25) is 0 Å². The summed E-state index contributed by atoms with van der Waals surface area (Å²) in [6.45, 7) is 0.549. The molecule has 1 aliphatic rings. The predicted octanol–water partition coefficient (Wildman–Crippen LogP) is 2.21. The van der Waals surface area contributed by atoms with Gasteiger partial charge in [-0.2, -0.15) is 0 Å². The zero-order valence-electron chi connectivity index (χ0n) is 8.61. The Morgan fingerprint density at radius 2 is 2.06 bits per heavy atom. The van der Waals surface area contributed by atoms with Gasteiger partial charge < -0.3 is 5.73 Å². The third kappa shape index (κ3) is 2.00. The second-order valence-corrected chi connectivity index (χ2v) is 5.92. The summed E-state index contributed by atoms with van der Waals surface area (Å²) < 4.78 is 23.6. The van der Waals surface area contributed by atoms with E-state index in [-0.39, 0.29) is 0 Å². The first-order valence-corrected chi connectivity index (χ1v) is 6.92. The minimum absolute atomic E-state index is 0.351. The lowest BCUT2D eigenvalue weighted by Crippen LogP contribution is -1.98. The van der Waals surface area contributed by atoms with Gasteiger partial charge in [-0.15, -0.1) is 0 Å². The fraction of sp³-hybridized carbons (Fsp3) is 0.273. The van der Waals surface area contributed by atoms with E-state index >= 15 is 0 Å². The van der Waals surface area contributed by atoms with Gasteiger partial charge in [0.25, 0.3) is 0 Å². The molecule has 0 aliphatic carbocycles. The Hall–Kier alpha value is -0.840. The molecule has 3 nitrogen and oxygen atoms in total. The molecule has 2 rings (SSSR count). The number of benzene rings is 1. The molecule has 0 saturated heterocycles. The molecule has 0 atom stereocenters. The van der Waals surface area contributed by atoms with Crippen LogP contribution in [0, 0.1) is 0 Å². The summed E-state index contributed by atoms with van der Waals surface area (Å²) in [5.74, 6) is 0. The first kappa shape index (κ1) is 11.6. The summed E-state index contributed by atoms with van der Waals surface area (Å²) in [4.78, 5) is 0.351. The van der Waals surface area contributed by atoms with Crippen molar-refractivity contribution in [1.29, 1.82) is 0 Å². The number of nitrogens with two attached hydrogens (primary N) is 1. The van der Waals surface area contributed by atoms with Gasteiger partial charge in [0.2, 0.25) is 9.84 Å². The third-order valence-electron chi connectivity index (χ3n) is 2.54. The van der Waals surface area contributed by atoms with Gasteiger partial charge in [-0.05, 0) is 48.7 Å². The van der Waals surface area contributed by atoms with Crippen LogP contribution in [0.25, 0.3) is 5.57 Å². The van der Waals surface area contributed by atoms with Crippen molar-refractivity contribution in [3.05, 3.63) is 34.2 Å². The number of rotatable bonds is 3. The van der Waals surface area contributed by atoms with Crippen molar-refractivity contribution in [3.8, 4) is 0 Å². The number of halogens is 1. The molecule has 1 aromatic rings. The molecule has 0 unspecified atom stereocenters. The maximum Gasteiger partial charge on any atom is 0.200 e. The van der Waals surface area contributed by atoms with Gasteiger partial charge in [-0.1, -0.05) is 11.6 Å². The van der Waals surface area contributed by atoms with Gasteiger partial charge in [0.05, 0.1) is 4.90 Å². The van der Waals surface area contributed by atoms with E-state index in [9.17, 15) is 8.42 Å². The van der Waals surface area contributed by atoms with Gasteiger partial charge in [0.15, 0.2) is 0 Å². The summed E-state index contributed by atoms with van der Waals surface area (Å²) in [5, 5.41) is 1.87. The number of sulfone groups is 1. The Labute approximate surface area is 99.8 Å². The maximum absolute atomic E-state index is 11.8. The highest BCUT2D eigenvalue weighted by Crippen LogP contribution is 2.37. The van der Waals surface area contributed by atoms with E-state index in [1.807, 2.05) is 0 Å². The van der Waals surface area contributed by atoms with Crippen LogP contribution in [-0.4, -0.2) is 15.0 Å². The van der Waals surface area contributed by atoms with E-state index in [0.29, 0.717) is 22.9 Å². The molecular weight excluding hydrogens is 246 g/mol. The lowest BCUT2D eigenvalue weighted by Gasteiger charge is -2.03. The van der Waals surface area contributed by atoms with Crippen LogP contribution in [-0.2, 0) is 9.84 Å². The zero-order valence-corrected chi connectivity index (χ0v) is 10.2. The summed E-state index contributed by atoms with van der Waals surface area (Å²) in [7, 11) is -3.26. The molecule has 2 N–H and O–H groups in total. The molecular formula is C11H12ClNO2S. The highest BCUT2D eigenvalue weighted by molar-refractivity contribution is 7.95. The quantitative estimate of drug-likeness (QED) is 0.903. The molecule has 0 fully saturated rings. The summed E-state index contributed by atoms with van der Waals surface area (Å²) in [6.07, 6.45) is 1.44. The van der Waals surface area contributed by atoms with Crippen LogP contribution >= 0.6 is 11.6 Å². The molecule has 0 radical (unpaired) electrons. The van der Waals surface area contributed by atoms with Crippen LogP contribution in [0.3, 0.4) is 0 Å². The molecule has 16 heavy (non-hydrogen) atoms. The monoisotopic (exact) mass is 257 g/mol. The van der Waals surface area contributed by atoms with Crippen molar-refractivity contribution in [2.45, 2.75) is 17.7 Å². The molecule has 86 valence electrons.